The van der Waals surface area contributed by atoms with Crippen LogP contribution in [0.2, 0.25) is 0 Å². The van der Waals surface area contributed by atoms with Gasteiger partial charge in [-0.3, -0.25) is 0 Å². The Morgan fingerprint density at radius 1 is 1.29 bits per heavy atom. The van der Waals surface area contributed by atoms with Gasteiger partial charge in [0.1, 0.15) is 35.5 Å². The van der Waals surface area contributed by atoms with Gasteiger partial charge in [-0.25, -0.2) is 19.4 Å². The van der Waals surface area contributed by atoms with Crippen molar-refractivity contribution < 1.29 is 14.3 Å². The summed E-state index contributed by atoms with van der Waals surface area (Å²) >= 11 is 0. The predicted octanol–water partition coefficient (Wildman–Crippen LogP) is 3.52. The van der Waals surface area contributed by atoms with Crippen molar-refractivity contribution >= 4 is 6.09 Å². The zero-order valence-corrected chi connectivity index (χ0v) is 18.9. The van der Waals surface area contributed by atoms with Gasteiger partial charge in [0.2, 0.25) is 5.88 Å². The maximum absolute atomic E-state index is 12.4. The van der Waals surface area contributed by atoms with E-state index in [2.05, 4.69) is 27.2 Å². The van der Waals surface area contributed by atoms with Gasteiger partial charge >= 0.3 is 6.09 Å². The van der Waals surface area contributed by atoms with Crippen LogP contribution in [0.25, 0.3) is 11.4 Å². The molecule has 1 unspecified atom stereocenters. The number of ether oxygens (including phenoxy) is 2. The largest absolute Gasteiger partial charge is 0.473 e. The first-order chi connectivity index (χ1) is 14.9. The summed E-state index contributed by atoms with van der Waals surface area (Å²) in [6.45, 7) is 4.89. The summed E-state index contributed by atoms with van der Waals surface area (Å²) in [7, 11) is 3.55. The topological polar surface area (TPSA) is 95.3 Å². The fourth-order valence-electron chi connectivity index (χ4n) is 4.10. The molecule has 0 saturated heterocycles. The summed E-state index contributed by atoms with van der Waals surface area (Å²) in [4.78, 5) is 23.1. The number of amides is 1. The molecule has 2 fully saturated rings. The molecule has 0 N–H and O–H groups in total. The van der Waals surface area contributed by atoms with Crippen LogP contribution >= 0.6 is 0 Å². The fraction of sp³-hybridized carbons (Fsp3) is 0.682. The molecule has 0 aromatic carbocycles. The van der Waals surface area contributed by atoms with Gasteiger partial charge in [-0.15, -0.1) is 5.10 Å². The molecule has 2 atom stereocenters. The van der Waals surface area contributed by atoms with Crippen LogP contribution in [0.3, 0.4) is 0 Å². The zero-order chi connectivity index (χ0) is 22.0. The average Bonchev–Trinajstić information content (AvgIpc) is 3.32. The van der Waals surface area contributed by atoms with E-state index in [1.165, 1.54) is 25.7 Å². The van der Waals surface area contributed by atoms with E-state index in [1.807, 2.05) is 6.92 Å². The Hall–Kier alpha value is -2.71. The van der Waals surface area contributed by atoms with Gasteiger partial charge in [0.05, 0.1) is 6.20 Å². The lowest BCUT2D eigenvalue weighted by Gasteiger charge is -2.22. The van der Waals surface area contributed by atoms with Crippen molar-refractivity contribution in [1.82, 2.24) is 29.9 Å². The van der Waals surface area contributed by atoms with Crippen molar-refractivity contribution in [3.8, 4) is 17.3 Å². The van der Waals surface area contributed by atoms with Crippen molar-refractivity contribution in [3.63, 3.8) is 0 Å². The Morgan fingerprint density at radius 3 is 2.71 bits per heavy atom. The fourth-order valence-corrected chi connectivity index (χ4v) is 4.10. The lowest BCUT2D eigenvalue weighted by atomic mass is 9.98. The molecule has 2 aromatic heterocycles. The molecule has 0 aliphatic heterocycles. The van der Waals surface area contributed by atoms with Crippen LogP contribution in [0.5, 0.6) is 5.88 Å². The van der Waals surface area contributed by atoms with Crippen LogP contribution in [-0.4, -0.2) is 55.7 Å². The first kappa shape index (κ1) is 21.5. The van der Waals surface area contributed by atoms with E-state index in [-0.39, 0.29) is 18.8 Å². The van der Waals surface area contributed by atoms with Crippen LogP contribution in [0.1, 0.15) is 56.8 Å². The van der Waals surface area contributed by atoms with Crippen molar-refractivity contribution in [2.45, 2.75) is 65.1 Å². The predicted molar refractivity (Wildman–Crippen MR) is 114 cm³/mol. The molecule has 0 bridgehead atoms. The number of aryl methyl sites for hydroxylation is 2. The van der Waals surface area contributed by atoms with E-state index in [0.717, 1.165) is 25.1 Å². The molecule has 9 nitrogen and oxygen atoms in total. The molecule has 31 heavy (non-hydrogen) atoms. The molecule has 2 aliphatic rings. The quantitative estimate of drug-likeness (QED) is 0.666. The average molecular weight is 429 g/mol. The van der Waals surface area contributed by atoms with Gasteiger partial charge < -0.3 is 14.4 Å². The van der Waals surface area contributed by atoms with Crippen molar-refractivity contribution in [2.75, 3.05) is 13.6 Å². The molecule has 2 saturated carbocycles. The van der Waals surface area contributed by atoms with Crippen LogP contribution in [0.4, 0.5) is 4.79 Å². The second kappa shape index (κ2) is 9.20. The molecule has 9 heteroatoms. The molecular weight excluding hydrogens is 396 g/mol. The van der Waals surface area contributed by atoms with E-state index in [0.29, 0.717) is 34.8 Å². The van der Waals surface area contributed by atoms with E-state index in [1.54, 1.807) is 29.9 Å². The zero-order valence-electron chi connectivity index (χ0n) is 18.9. The normalized spacial score (nSPS) is 21.0. The highest BCUT2D eigenvalue weighted by Crippen LogP contribution is 2.38. The number of carbonyl (C=O) groups excluding carboxylic acids is 1. The van der Waals surface area contributed by atoms with Crippen LogP contribution in [0, 0.1) is 18.8 Å². The highest BCUT2D eigenvalue weighted by atomic mass is 16.6. The summed E-state index contributed by atoms with van der Waals surface area (Å²) in [5, 5.41) is 8.32. The van der Waals surface area contributed by atoms with Gasteiger partial charge in [-0.05, 0) is 50.9 Å². The summed E-state index contributed by atoms with van der Waals surface area (Å²) in [5.41, 5.74) is 2.55. The minimum atomic E-state index is -0.343. The highest BCUT2D eigenvalue weighted by Gasteiger charge is 2.34. The van der Waals surface area contributed by atoms with Crippen LogP contribution < -0.4 is 4.74 Å². The number of aromatic nitrogens is 5. The monoisotopic (exact) mass is 428 g/mol. The van der Waals surface area contributed by atoms with Crippen molar-refractivity contribution in [3.05, 3.63) is 17.6 Å². The number of hydrogen-bond donors (Lipinski definition) is 0. The molecule has 1 amide bonds. The molecule has 2 aliphatic carbocycles. The Bertz CT molecular complexity index is 924. The summed E-state index contributed by atoms with van der Waals surface area (Å²) < 4.78 is 13.2. The Labute approximate surface area is 183 Å². The summed E-state index contributed by atoms with van der Waals surface area (Å²) in [5.74, 6) is 1.84. The van der Waals surface area contributed by atoms with Crippen LogP contribution in [0.15, 0.2) is 6.20 Å². The SMILES string of the molecule is Cc1nc(-c2nnn(C)c2COC(=O)N(C)CC2C[C@H]2C)cnc1OC1CCCCC1. The first-order valence-corrected chi connectivity index (χ1v) is 11.2. The molecule has 0 spiro atoms. The smallest absolute Gasteiger partial charge is 0.409 e. The van der Waals surface area contributed by atoms with E-state index in [9.17, 15) is 4.79 Å². The first-order valence-electron chi connectivity index (χ1n) is 11.2. The Kier molecular flexibility index (Phi) is 6.38. The van der Waals surface area contributed by atoms with E-state index < -0.39 is 0 Å². The third-order valence-electron chi connectivity index (χ3n) is 6.35. The molecular formula is C22H32N6O3. The maximum atomic E-state index is 12.4. The van der Waals surface area contributed by atoms with E-state index >= 15 is 0 Å². The standard InChI is InChI=1S/C22H32N6O3/c1-14-10-16(14)12-27(3)22(29)30-13-19-20(25-26-28(19)4)18-11-23-21(15(2)24-18)31-17-8-6-5-7-9-17/h11,14,16-17H,5-10,12-13H2,1-4H3/t14-,16?/m1/s1. The summed E-state index contributed by atoms with van der Waals surface area (Å²) in [6, 6.07) is 0. The van der Waals surface area contributed by atoms with Gasteiger partial charge in [0, 0.05) is 20.6 Å². The lowest BCUT2D eigenvalue weighted by molar-refractivity contribution is 0.101. The molecule has 0 radical (unpaired) electrons. The molecule has 168 valence electrons. The molecule has 2 heterocycles. The molecule has 4 rings (SSSR count). The second-order valence-electron chi connectivity index (χ2n) is 8.94. The van der Waals surface area contributed by atoms with E-state index in [4.69, 9.17) is 9.47 Å². The van der Waals surface area contributed by atoms with Crippen LogP contribution in [-0.2, 0) is 18.4 Å². The summed E-state index contributed by atoms with van der Waals surface area (Å²) in [6.07, 6.45) is 8.51. The van der Waals surface area contributed by atoms with Crippen molar-refractivity contribution in [2.24, 2.45) is 18.9 Å². The van der Waals surface area contributed by atoms with Gasteiger partial charge in [-0.2, -0.15) is 0 Å². The van der Waals surface area contributed by atoms with Crippen molar-refractivity contribution in [1.29, 1.82) is 0 Å². The Morgan fingerprint density at radius 2 is 2.03 bits per heavy atom. The van der Waals surface area contributed by atoms with Gasteiger partial charge in [0.25, 0.3) is 0 Å². The Balaban J connectivity index is 1.41. The minimum absolute atomic E-state index is 0.0727. The third-order valence-corrected chi connectivity index (χ3v) is 6.35. The van der Waals surface area contributed by atoms with Gasteiger partial charge in [0.15, 0.2) is 0 Å². The second-order valence-corrected chi connectivity index (χ2v) is 8.94. The highest BCUT2D eigenvalue weighted by molar-refractivity contribution is 5.67. The lowest BCUT2D eigenvalue weighted by Crippen LogP contribution is -2.29. The number of nitrogens with zero attached hydrogens (tertiary/aromatic N) is 6. The number of hydrogen-bond acceptors (Lipinski definition) is 7. The number of rotatable bonds is 7. The maximum Gasteiger partial charge on any atom is 0.409 e. The molecule has 2 aromatic rings. The minimum Gasteiger partial charge on any atom is -0.473 e. The number of carbonyl (C=O) groups is 1. The van der Waals surface area contributed by atoms with Gasteiger partial charge in [-0.1, -0.05) is 18.6 Å². The third kappa shape index (κ3) is 5.14.